The molecule has 4 aromatic rings. The number of hydrogen-bond acceptors (Lipinski definition) is 5. The molecule has 3 aromatic carbocycles. The predicted octanol–water partition coefficient (Wildman–Crippen LogP) is 6.56. The van der Waals surface area contributed by atoms with E-state index in [9.17, 15) is 4.39 Å². The highest BCUT2D eigenvalue weighted by Crippen LogP contribution is 2.35. The van der Waals surface area contributed by atoms with Crippen LogP contribution in [0.15, 0.2) is 78.0 Å². The fourth-order valence-corrected chi connectivity index (χ4v) is 4.08. The van der Waals surface area contributed by atoms with E-state index in [1.807, 2.05) is 56.3 Å². The molecule has 36 heavy (non-hydrogen) atoms. The molecule has 0 unspecified atom stereocenters. The number of nitrogens with zero attached hydrogens (tertiary/aromatic N) is 2. The lowest BCUT2D eigenvalue weighted by molar-refractivity contribution is 0.130. The van der Waals surface area contributed by atoms with Gasteiger partial charge < -0.3 is 23.6 Å². The van der Waals surface area contributed by atoms with Crippen molar-refractivity contribution in [3.63, 3.8) is 0 Å². The van der Waals surface area contributed by atoms with Gasteiger partial charge in [-0.2, -0.15) is 0 Å². The van der Waals surface area contributed by atoms with Gasteiger partial charge in [0.25, 0.3) is 0 Å². The first-order chi connectivity index (χ1) is 17.4. The molecule has 0 aliphatic heterocycles. The van der Waals surface area contributed by atoms with Crippen LogP contribution in [0.3, 0.4) is 0 Å². The van der Waals surface area contributed by atoms with Crippen molar-refractivity contribution in [1.29, 1.82) is 0 Å². The van der Waals surface area contributed by atoms with Crippen LogP contribution in [-0.4, -0.2) is 31.6 Å². The Labute approximate surface area is 210 Å². The van der Waals surface area contributed by atoms with Crippen molar-refractivity contribution in [3.8, 4) is 34.2 Å². The van der Waals surface area contributed by atoms with Gasteiger partial charge >= 0.3 is 0 Å². The van der Waals surface area contributed by atoms with Gasteiger partial charge in [-0.15, -0.1) is 0 Å². The molecule has 4 rings (SSSR count). The van der Waals surface area contributed by atoms with E-state index in [2.05, 4.69) is 15.8 Å². The van der Waals surface area contributed by atoms with E-state index in [-0.39, 0.29) is 12.4 Å². The van der Waals surface area contributed by atoms with Gasteiger partial charge in [0.2, 0.25) is 0 Å². The number of ether oxygens (including phenoxy) is 3. The van der Waals surface area contributed by atoms with Crippen LogP contribution in [0.25, 0.3) is 16.9 Å². The summed E-state index contributed by atoms with van der Waals surface area (Å²) in [7, 11) is 4.88. The molecule has 0 saturated carbocycles. The Morgan fingerprint density at radius 2 is 1.53 bits per heavy atom. The maximum atomic E-state index is 13.2. The third kappa shape index (κ3) is 5.20. The molecular weight excluding hydrogens is 459 g/mol. The summed E-state index contributed by atoms with van der Waals surface area (Å²) in [6, 6.07) is 22.0. The highest BCUT2D eigenvalue weighted by Gasteiger charge is 2.18. The number of benzene rings is 3. The van der Waals surface area contributed by atoms with Gasteiger partial charge in [-0.3, -0.25) is 0 Å². The molecule has 0 fully saturated rings. The molecule has 7 heteroatoms. The van der Waals surface area contributed by atoms with Crippen molar-refractivity contribution in [2.75, 3.05) is 21.3 Å². The van der Waals surface area contributed by atoms with E-state index in [1.165, 1.54) is 12.1 Å². The summed E-state index contributed by atoms with van der Waals surface area (Å²) in [5.74, 6) is 1.80. The Hall–Kier alpha value is -4.26. The molecule has 1 heterocycles. The van der Waals surface area contributed by atoms with E-state index in [0.29, 0.717) is 11.5 Å². The molecule has 0 aliphatic rings. The molecule has 0 amide bonds. The minimum Gasteiger partial charge on any atom is -0.497 e. The molecule has 6 nitrogen and oxygen atoms in total. The lowest BCUT2D eigenvalue weighted by Crippen LogP contribution is -2.03. The second-order valence-corrected chi connectivity index (χ2v) is 8.21. The summed E-state index contributed by atoms with van der Waals surface area (Å²) in [6.45, 7) is 4.19. The molecule has 0 bridgehead atoms. The van der Waals surface area contributed by atoms with Crippen LogP contribution in [-0.2, 0) is 11.4 Å². The summed E-state index contributed by atoms with van der Waals surface area (Å²) < 4.78 is 31.6. The topological polar surface area (TPSA) is 54.2 Å². The van der Waals surface area contributed by atoms with Crippen molar-refractivity contribution in [2.24, 2.45) is 5.16 Å². The van der Waals surface area contributed by atoms with Crippen molar-refractivity contribution in [1.82, 2.24) is 4.57 Å². The fourth-order valence-electron chi connectivity index (χ4n) is 4.08. The minimum atomic E-state index is -0.281. The van der Waals surface area contributed by atoms with Crippen LogP contribution >= 0.6 is 0 Å². The van der Waals surface area contributed by atoms with E-state index in [0.717, 1.165) is 45.2 Å². The zero-order valence-electron chi connectivity index (χ0n) is 21.0. The predicted molar refractivity (Wildman–Crippen MR) is 139 cm³/mol. The Morgan fingerprint density at radius 3 is 2.17 bits per heavy atom. The van der Waals surface area contributed by atoms with E-state index < -0.39 is 0 Å². The second kappa shape index (κ2) is 11.0. The van der Waals surface area contributed by atoms with E-state index in [4.69, 9.17) is 19.0 Å². The zero-order valence-corrected chi connectivity index (χ0v) is 21.0. The van der Waals surface area contributed by atoms with Crippen LogP contribution in [0.1, 0.15) is 23.7 Å². The van der Waals surface area contributed by atoms with Gasteiger partial charge in [-0.1, -0.05) is 17.3 Å². The number of hydrogen-bond donors (Lipinski definition) is 0. The third-order valence-corrected chi connectivity index (χ3v) is 5.99. The van der Waals surface area contributed by atoms with Crippen molar-refractivity contribution < 1.29 is 23.4 Å². The molecule has 0 aliphatic carbocycles. The summed E-state index contributed by atoms with van der Waals surface area (Å²) in [6.07, 6.45) is 0. The summed E-state index contributed by atoms with van der Waals surface area (Å²) >= 11 is 0. The van der Waals surface area contributed by atoms with Gasteiger partial charge in [0.15, 0.2) is 11.5 Å². The number of halogens is 1. The Balaban J connectivity index is 1.75. The fraction of sp³-hybridized carbons (Fsp3) is 0.207. The van der Waals surface area contributed by atoms with Gasteiger partial charge in [0.1, 0.15) is 18.2 Å². The van der Waals surface area contributed by atoms with Crippen molar-refractivity contribution in [2.45, 2.75) is 20.5 Å². The Bertz CT molecular complexity index is 1360. The molecular formula is C29H29FN2O4. The summed E-state index contributed by atoms with van der Waals surface area (Å²) in [4.78, 5) is 5.59. The van der Waals surface area contributed by atoms with Gasteiger partial charge in [0.05, 0.1) is 32.7 Å². The second-order valence-electron chi connectivity index (χ2n) is 8.21. The van der Waals surface area contributed by atoms with Gasteiger partial charge in [0, 0.05) is 23.0 Å². The molecule has 0 saturated heterocycles. The number of rotatable bonds is 9. The standard InChI is InChI=1S/C29H29FN2O4/c1-19(31-36-18-21-6-10-23(30)11-7-21)26-17-27(22-8-13-25(33-3)14-9-22)32(20(26)2)24-12-15-28(34-4)29(16-24)35-5/h6-17H,18H2,1-5H3/b31-19-. The average molecular weight is 489 g/mol. The number of oxime groups is 1. The smallest absolute Gasteiger partial charge is 0.162 e. The molecule has 186 valence electrons. The molecule has 0 N–H and O–H groups in total. The zero-order chi connectivity index (χ0) is 25.7. The lowest BCUT2D eigenvalue weighted by Gasteiger charge is -2.15. The summed E-state index contributed by atoms with van der Waals surface area (Å²) in [5.41, 5.74) is 6.40. The third-order valence-electron chi connectivity index (χ3n) is 5.99. The minimum absolute atomic E-state index is 0.248. The largest absolute Gasteiger partial charge is 0.497 e. The van der Waals surface area contributed by atoms with Crippen LogP contribution in [0, 0.1) is 12.7 Å². The van der Waals surface area contributed by atoms with Crippen molar-refractivity contribution >= 4 is 5.71 Å². The van der Waals surface area contributed by atoms with E-state index in [1.54, 1.807) is 33.5 Å². The van der Waals surface area contributed by atoms with Crippen LogP contribution < -0.4 is 14.2 Å². The Kier molecular flexibility index (Phi) is 7.59. The highest BCUT2D eigenvalue weighted by atomic mass is 19.1. The molecule has 0 radical (unpaired) electrons. The lowest BCUT2D eigenvalue weighted by atomic mass is 10.1. The first-order valence-corrected chi connectivity index (χ1v) is 11.5. The first-order valence-electron chi connectivity index (χ1n) is 11.5. The average Bonchev–Trinajstić information content (AvgIpc) is 3.26. The monoisotopic (exact) mass is 488 g/mol. The molecule has 0 spiro atoms. The molecule has 1 aromatic heterocycles. The van der Waals surface area contributed by atoms with Gasteiger partial charge in [-0.05, 0) is 79.6 Å². The highest BCUT2D eigenvalue weighted by molar-refractivity contribution is 6.01. The number of aromatic nitrogens is 1. The van der Waals surface area contributed by atoms with Crippen LogP contribution in [0.2, 0.25) is 0 Å². The SMILES string of the molecule is COc1ccc(-c2cc(/C(C)=N\OCc3ccc(F)cc3)c(C)n2-c2ccc(OC)c(OC)c2)cc1. The van der Waals surface area contributed by atoms with Crippen LogP contribution in [0.5, 0.6) is 17.2 Å². The van der Waals surface area contributed by atoms with Crippen molar-refractivity contribution in [3.05, 3.63) is 95.4 Å². The Morgan fingerprint density at radius 1 is 0.833 bits per heavy atom. The maximum absolute atomic E-state index is 13.2. The summed E-state index contributed by atoms with van der Waals surface area (Å²) in [5, 5.41) is 4.35. The van der Waals surface area contributed by atoms with Gasteiger partial charge in [-0.25, -0.2) is 4.39 Å². The van der Waals surface area contributed by atoms with E-state index >= 15 is 0 Å². The molecule has 0 atom stereocenters. The number of methoxy groups -OCH3 is 3. The van der Waals surface area contributed by atoms with Crippen LogP contribution in [0.4, 0.5) is 4.39 Å². The quantitative estimate of drug-likeness (QED) is 0.198. The normalized spacial score (nSPS) is 11.3. The maximum Gasteiger partial charge on any atom is 0.162 e. The first kappa shape index (κ1) is 24.9.